The minimum absolute atomic E-state index is 0.129. The molecule has 0 saturated carbocycles. The van der Waals surface area contributed by atoms with Crippen LogP contribution in [-0.2, 0) is 17.6 Å². The third kappa shape index (κ3) is 5.46. The van der Waals surface area contributed by atoms with Crippen LogP contribution in [0.1, 0.15) is 50.4 Å². The number of carbonyl (C=O) groups excluding carboxylic acids is 1. The molecule has 1 aromatic heterocycles. The Morgan fingerprint density at radius 2 is 2.13 bits per heavy atom. The van der Waals surface area contributed by atoms with Crippen molar-refractivity contribution >= 4 is 55.2 Å². The maximum absolute atomic E-state index is 12.4. The Balaban J connectivity index is 1.70. The Labute approximate surface area is 199 Å². The summed E-state index contributed by atoms with van der Waals surface area (Å²) in [4.78, 5) is 17.2. The van der Waals surface area contributed by atoms with Gasteiger partial charge in [0, 0.05) is 14.6 Å². The highest BCUT2D eigenvalue weighted by Gasteiger charge is 2.32. The van der Waals surface area contributed by atoms with Gasteiger partial charge in [-0.15, -0.1) is 0 Å². The van der Waals surface area contributed by atoms with Gasteiger partial charge >= 0.3 is 0 Å². The smallest absolute Gasteiger partial charge is 0.234 e. The number of amides is 1. The van der Waals surface area contributed by atoms with E-state index in [1.165, 1.54) is 17.3 Å². The summed E-state index contributed by atoms with van der Waals surface area (Å²) in [5.41, 5.74) is 3.84. The summed E-state index contributed by atoms with van der Waals surface area (Å²) in [5, 5.41) is 13.2. The van der Waals surface area contributed by atoms with Gasteiger partial charge in [-0.25, -0.2) is 4.98 Å². The molecule has 0 aliphatic heterocycles. The molecule has 1 unspecified atom stereocenters. The molecule has 0 saturated heterocycles. The van der Waals surface area contributed by atoms with Crippen LogP contribution >= 0.6 is 43.6 Å². The van der Waals surface area contributed by atoms with Gasteiger partial charge in [0.1, 0.15) is 11.1 Å². The Morgan fingerprint density at radius 1 is 1.37 bits per heavy atom. The summed E-state index contributed by atoms with van der Waals surface area (Å²) < 4.78 is 1.74. The average molecular weight is 551 g/mol. The predicted molar refractivity (Wildman–Crippen MR) is 130 cm³/mol. The fourth-order valence-electron chi connectivity index (χ4n) is 3.70. The SMILES string of the molecule is CCC(C)(C)C1CCc2nc(SCC(=O)Nc3ccc(Br)cc3Br)c(C#N)cc2C1. The van der Waals surface area contributed by atoms with Crippen molar-refractivity contribution in [1.82, 2.24) is 4.98 Å². The Kier molecular flexibility index (Phi) is 7.65. The van der Waals surface area contributed by atoms with Gasteiger partial charge in [0.25, 0.3) is 0 Å². The minimum Gasteiger partial charge on any atom is -0.324 e. The summed E-state index contributed by atoms with van der Waals surface area (Å²) in [6, 6.07) is 9.86. The predicted octanol–water partition coefficient (Wildman–Crippen LogP) is 6.75. The molecule has 0 fully saturated rings. The van der Waals surface area contributed by atoms with Gasteiger partial charge in [0.2, 0.25) is 5.91 Å². The molecule has 4 nitrogen and oxygen atoms in total. The number of fused-ring (bicyclic) bond motifs is 1. The first kappa shape index (κ1) is 23.3. The molecule has 1 heterocycles. The van der Waals surface area contributed by atoms with Crippen molar-refractivity contribution in [2.75, 3.05) is 11.1 Å². The molecule has 1 aromatic carbocycles. The maximum Gasteiger partial charge on any atom is 0.234 e. The number of nitrogens with zero attached hydrogens (tertiary/aromatic N) is 2. The molecule has 0 bridgehead atoms. The molecule has 0 spiro atoms. The number of anilines is 1. The quantitative estimate of drug-likeness (QED) is 0.404. The monoisotopic (exact) mass is 549 g/mol. The number of carbonyl (C=O) groups is 1. The zero-order valence-electron chi connectivity index (χ0n) is 17.4. The molecule has 1 aliphatic carbocycles. The van der Waals surface area contributed by atoms with E-state index in [-0.39, 0.29) is 17.1 Å². The molecule has 3 rings (SSSR count). The number of nitriles is 1. The molecule has 158 valence electrons. The number of aryl methyl sites for hydroxylation is 1. The van der Waals surface area contributed by atoms with E-state index >= 15 is 0 Å². The minimum atomic E-state index is -0.129. The summed E-state index contributed by atoms with van der Waals surface area (Å²) in [7, 11) is 0. The second-order valence-electron chi connectivity index (χ2n) is 8.30. The van der Waals surface area contributed by atoms with E-state index in [2.05, 4.69) is 64.0 Å². The van der Waals surface area contributed by atoms with Crippen molar-refractivity contribution in [3.8, 4) is 6.07 Å². The van der Waals surface area contributed by atoms with Crippen molar-refractivity contribution < 1.29 is 4.79 Å². The molecule has 1 amide bonds. The van der Waals surface area contributed by atoms with Crippen LogP contribution in [0.4, 0.5) is 5.69 Å². The van der Waals surface area contributed by atoms with Crippen LogP contribution < -0.4 is 5.32 Å². The first-order valence-electron chi connectivity index (χ1n) is 10.0. The van der Waals surface area contributed by atoms with Crippen molar-refractivity contribution in [3.05, 3.63) is 50.0 Å². The molecule has 1 aliphatic rings. The van der Waals surface area contributed by atoms with Crippen LogP contribution in [-0.4, -0.2) is 16.6 Å². The maximum atomic E-state index is 12.4. The number of hydrogen-bond acceptors (Lipinski definition) is 4. The van der Waals surface area contributed by atoms with Gasteiger partial charge in [-0.2, -0.15) is 5.26 Å². The van der Waals surface area contributed by atoms with E-state index in [4.69, 9.17) is 4.98 Å². The zero-order chi connectivity index (χ0) is 21.9. The standard InChI is InChI=1S/C23H25Br2N3OS/c1-4-23(2,3)16-5-7-19-14(10-16)9-15(12-26)22(28-19)30-13-21(29)27-20-8-6-17(24)11-18(20)25/h6,8-9,11,16H,4-5,7,10,13H2,1-3H3,(H,27,29). The first-order chi connectivity index (χ1) is 14.2. The van der Waals surface area contributed by atoms with Gasteiger partial charge in [-0.1, -0.05) is 54.9 Å². The molecule has 2 aromatic rings. The van der Waals surface area contributed by atoms with Crippen LogP contribution in [0.15, 0.2) is 38.2 Å². The normalized spacial score (nSPS) is 15.9. The summed E-state index contributed by atoms with van der Waals surface area (Å²) in [6.45, 7) is 6.90. The first-order valence-corrected chi connectivity index (χ1v) is 12.6. The lowest BCUT2D eigenvalue weighted by Crippen LogP contribution is -2.29. The van der Waals surface area contributed by atoms with Crippen molar-refractivity contribution in [3.63, 3.8) is 0 Å². The topological polar surface area (TPSA) is 65.8 Å². The highest BCUT2D eigenvalue weighted by molar-refractivity contribution is 9.11. The number of benzene rings is 1. The van der Waals surface area contributed by atoms with Gasteiger partial charge in [-0.3, -0.25) is 4.79 Å². The fraction of sp³-hybridized carbons (Fsp3) is 0.435. The lowest BCUT2D eigenvalue weighted by molar-refractivity contribution is -0.113. The van der Waals surface area contributed by atoms with E-state index in [9.17, 15) is 10.1 Å². The molecule has 1 atom stereocenters. The molecule has 7 heteroatoms. The van der Waals surface area contributed by atoms with Crippen LogP contribution in [0.5, 0.6) is 0 Å². The van der Waals surface area contributed by atoms with E-state index < -0.39 is 0 Å². The van der Waals surface area contributed by atoms with Crippen LogP contribution in [0.3, 0.4) is 0 Å². The average Bonchev–Trinajstić information content (AvgIpc) is 2.73. The largest absolute Gasteiger partial charge is 0.324 e. The number of hydrogen-bond donors (Lipinski definition) is 1. The molecular weight excluding hydrogens is 526 g/mol. The molecular formula is C23H25Br2N3OS. The van der Waals surface area contributed by atoms with Crippen LogP contribution in [0.2, 0.25) is 0 Å². The number of aromatic nitrogens is 1. The number of thioether (sulfide) groups is 1. The lowest BCUT2D eigenvalue weighted by atomic mass is 9.69. The van der Waals surface area contributed by atoms with Gasteiger partial charge in [0.15, 0.2) is 0 Å². The summed E-state index contributed by atoms with van der Waals surface area (Å²) in [6.07, 6.45) is 4.17. The van der Waals surface area contributed by atoms with Gasteiger partial charge in [-0.05, 0) is 76.4 Å². The fourth-order valence-corrected chi connectivity index (χ4v) is 5.62. The summed E-state index contributed by atoms with van der Waals surface area (Å²) >= 11 is 8.18. The molecule has 30 heavy (non-hydrogen) atoms. The highest BCUT2D eigenvalue weighted by Crippen LogP contribution is 2.40. The van der Waals surface area contributed by atoms with Gasteiger partial charge < -0.3 is 5.32 Å². The zero-order valence-corrected chi connectivity index (χ0v) is 21.4. The molecule has 0 radical (unpaired) electrons. The summed E-state index contributed by atoms with van der Waals surface area (Å²) in [5.74, 6) is 0.683. The second kappa shape index (κ2) is 9.84. The number of pyridine rings is 1. The Hall–Kier alpha value is -1.36. The van der Waals surface area contributed by atoms with E-state index in [0.29, 0.717) is 22.2 Å². The highest BCUT2D eigenvalue weighted by atomic mass is 79.9. The van der Waals surface area contributed by atoms with Crippen molar-refractivity contribution in [2.45, 2.75) is 51.5 Å². The number of nitrogens with one attached hydrogen (secondary N) is 1. The second-order valence-corrected chi connectivity index (χ2v) is 11.0. The number of rotatable bonds is 6. The van der Waals surface area contributed by atoms with Crippen LogP contribution in [0, 0.1) is 22.7 Å². The van der Waals surface area contributed by atoms with E-state index in [1.54, 1.807) is 0 Å². The van der Waals surface area contributed by atoms with Gasteiger partial charge in [0.05, 0.1) is 17.0 Å². The van der Waals surface area contributed by atoms with E-state index in [1.807, 2.05) is 24.3 Å². The molecule has 1 N–H and O–H groups in total. The van der Waals surface area contributed by atoms with Crippen molar-refractivity contribution in [2.24, 2.45) is 11.3 Å². The number of halogens is 2. The lowest BCUT2D eigenvalue weighted by Gasteiger charge is -2.37. The Bertz CT molecular complexity index is 1000. The third-order valence-corrected chi connectivity index (χ3v) is 8.17. The van der Waals surface area contributed by atoms with E-state index in [0.717, 1.165) is 40.3 Å². The Morgan fingerprint density at radius 3 is 2.80 bits per heavy atom. The third-order valence-electron chi connectivity index (χ3n) is 6.03. The van der Waals surface area contributed by atoms with Crippen LogP contribution in [0.25, 0.3) is 0 Å². The van der Waals surface area contributed by atoms with Crippen molar-refractivity contribution in [1.29, 1.82) is 5.26 Å².